The van der Waals surface area contributed by atoms with E-state index in [2.05, 4.69) is 6.92 Å². The van der Waals surface area contributed by atoms with Gasteiger partial charge in [-0.25, -0.2) is 0 Å². The van der Waals surface area contributed by atoms with Crippen LogP contribution in [0.2, 0.25) is 0 Å². The van der Waals surface area contributed by atoms with E-state index >= 15 is 0 Å². The zero-order chi connectivity index (χ0) is 19.6. The number of hydrogen-bond acceptors (Lipinski definition) is 3. The summed E-state index contributed by atoms with van der Waals surface area (Å²) >= 11 is 6.03. The van der Waals surface area contributed by atoms with Crippen LogP contribution in [0, 0.1) is 5.92 Å². The van der Waals surface area contributed by atoms with Gasteiger partial charge in [-0.05, 0) is 47.7 Å². The highest BCUT2D eigenvalue weighted by Gasteiger charge is 2.21. The molecule has 0 N–H and O–H groups in total. The summed E-state index contributed by atoms with van der Waals surface area (Å²) in [6.07, 6.45) is 4.80. The van der Waals surface area contributed by atoms with Gasteiger partial charge in [0, 0.05) is 0 Å². The minimum Gasteiger partial charge on any atom is -0.494 e. The lowest BCUT2D eigenvalue weighted by molar-refractivity contribution is -0.134. The maximum atomic E-state index is 11.9. The standard InChI is InChI=1S/C23H29ClO3/c1-4-5-6-7-16-26-20-12-8-18(9-13-20)19-10-14-21(15-11-19)27-23(25)22(24)17(2)3/h8-15,17,22H,4-7,16H2,1-3H3. The van der Waals surface area contributed by atoms with Crippen LogP contribution in [0.3, 0.4) is 0 Å². The van der Waals surface area contributed by atoms with Gasteiger partial charge >= 0.3 is 5.97 Å². The first-order valence-electron chi connectivity index (χ1n) is 9.70. The third-order valence-corrected chi connectivity index (χ3v) is 5.02. The van der Waals surface area contributed by atoms with Gasteiger partial charge in [0.2, 0.25) is 0 Å². The molecule has 0 saturated carbocycles. The van der Waals surface area contributed by atoms with Gasteiger partial charge in [0.15, 0.2) is 0 Å². The average molecular weight is 389 g/mol. The molecule has 2 aromatic carbocycles. The van der Waals surface area contributed by atoms with Gasteiger partial charge in [-0.1, -0.05) is 64.3 Å². The fraction of sp³-hybridized carbons (Fsp3) is 0.435. The van der Waals surface area contributed by atoms with Crippen LogP contribution in [0.25, 0.3) is 11.1 Å². The highest BCUT2D eigenvalue weighted by Crippen LogP contribution is 2.25. The van der Waals surface area contributed by atoms with E-state index in [4.69, 9.17) is 21.1 Å². The molecule has 2 aromatic rings. The van der Waals surface area contributed by atoms with Crippen molar-refractivity contribution in [2.45, 2.75) is 51.8 Å². The van der Waals surface area contributed by atoms with E-state index in [0.29, 0.717) is 5.75 Å². The second-order valence-electron chi connectivity index (χ2n) is 7.02. The fourth-order valence-corrected chi connectivity index (χ4v) is 2.67. The van der Waals surface area contributed by atoms with Crippen molar-refractivity contribution in [2.75, 3.05) is 6.61 Å². The van der Waals surface area contributed by atoms with E-state index in [9.17, 15) is 4.79 Å². The molecule has 0 bridgehead atoms. The van der Waals surface area contributed by atoms with Crippen molar-refractivity contribution in [1.82, 2.24) is 0 Å². The van der Waals surface area contributed by atoms with Gasteiger partial charge in [-0.15, -0.1) is 11.6 Å². The molecule has 146 valence electrons. The van der Waals surface area contributed by atoms with E-state index in [-0.39, 0.29) is 5.92 Å². The van der Waals surface area contributed by atoms with Gasteiger partial charge in [-0.3, -0.25) is 4.79 Å². The van der Waals surface area contributed by atoms with Crippen molar-refractivity contribution < 1.29 is 14.3 Å². The molecule has 1 unspecified atom stereocenters. The largest absolute Gasteiger partial charge is 0.494 e. The van der Waals surface area contributed by atoms with E-state index < -0.39 is 11.3 Å². The van der Waals surface area contributed by atoms with Crippen LogP contribution in [0.5, 0.6) is 11.5 Å². The number of benzene rings is 2. The third kappa shape index (κ3) is 6.91. The maximum Gasteiger partial charge on any atom is 0.329 e. The Balaban J connectivity index is 1.90. The number of esters is 1. The Morgan fingerprint density at radius 3 is 1.96 bits per heavy atom. The molecule has 0 aliphatic carbocycles. The second-order valence-corrected chi connectivity index (χ2v) is 7.49. The van der Waals surface area contributed by atoms with Gasteiger partial charge in [0.25, 0.3) is 0 Å². The summed E-state index contributed by atoms with van der Waals surface area (Å²) in [4.78, 5) is 11.9. The van der Waals surface area contributed by atoms with Gasteiger partial charge in [0.05, 0.1) is 6.61 Å². The molecular weight excluding hydrogens is 360 g/mol. The highest BCUT2D eigenvalue weighted by atomic mass is 35.5. The SMILES string of the molecule is CCCCCCOc1ccc(-c2ccc(OC(=O)C(Cl)C(C)C)cc2)cc1. The molecule has 2 rings (SSSR count). The molecule has 4 heteroatoms. The smallest absolute Gasteiger partial charge is 0.329 e. The van der Waals surface area contributed by atoms with Gasteiger partial charge in [0.1, 0.15) is 16.9 Å². The predicted octanol–water partition coefficient (Wildman–Crippen LogP) is 6.48. The van der Waals surface area contributed by atoms with Crippen LogP contribution >= 0.6 is 11.6 Å². The number of alkyl halides is 1. The van der Waals surface area contributed by atoms with E-state index in [1.807, 2.05) is 50.2 Å². The number of unbranched alkanes of at least 4 members (excludes halogenated alkanes) is 3. The van der Waals surface area contributed by atoms with Crippen LogP contribution in [0.1, 0.15) is 46.5 Å². The summed E-state index contributed by atoms with van der Waals surface area (Å²) in [5.41, 5.74) is 2.14. The van der Waals surface area contributed by atoms with Gasteiger partial charge < -0.3 is 9.47 Å². The minimum atomic E-state index is -0.640. The van der Waals surface area contributed by atoms with Crippen molar-refractivity contribution in [3.63, 3.8) is 0 Å². The number of carbonyl (C=O) groups excluding carboxylic acids is 1. The Labute approximate surface area is 167 Å². The third-order valence-electron chi connectivity index (χ3n) is 4.34. The van der Waals surface area contributed by atoms with Crippen molar-refractivity contribution in [3.05, 3.63) is 48.5 Å². The molecule has 0 saturated heterocycles. The fourth-order valence-electron chi connectivity index (χ4n) is 2.62. The molecule has 3 nitrogen and oxygen atoms in total. The number of carbonyl (C=O) groups is 1. The van der Waals surface area contributed by atoms with E-state index in [1.54, 1.807) is 12.1 Å². The normalized spacial score (nSPS) is 12.0. The van der Waals surface area contributed by atoms with Gasteiger partial charge in [-0.2, -0.15) is 0 Å². The summed E-state index contributed by atoms with van der Waals surface area (Å²) in [5.74, 6) is 1.01. The quantitative estimate of drug-likeness (QED) is 0.202. The first-order valence-corrected chi connectivity index (χ1v) is 10.1. The van der Waals surface area contributed by atoms with E-state index in [0.717, 1.165) is 29.9 Å². The molecule has 1 atom stereocenters. The number of rotatable bonds is 10. The van der Waals surface area contributed by atoms with Crippen LogP contribution in [0.4, 0.5) is 0 Å². The van der Waals surface area contributed by atoms with E-state index in [1.165, 1.54) is 19.3 Å². The van der Waals surface area contributed by atoms with Crippen LogP contribution in [0.15, 0.2) is 48.5 Å². The lowest BCUT2D eigenvalue weighted by Gasteiger charge is -2.12. The molecule has 0 aliphatic rings. The summed E-state index contributed by atoms with van der Waals surface area (Å²) in [6, 6.07) is 15.5. The molecule has 0 spiro atoms. The molecule has 0 aliphatic heterocycles. The maximum absolute atomic E-state index is 11.9. The molecule has 0 radical (unpaired) electrons. The zero-order valence-corrected chi connectivity index (χ0v) is 17.2. The van der Waals surface area contributed by atoms with Crippen molar-refractivity contribution in [1.29, 1.82) is 0 Å². The van der Waals surface area contributed by atoms with Crippen molar-refractivity contribution in [3.8, 4) is 22.6 Å². The number of hydrogen-bond donors (Lipinski definition) is 0. The molecule has 0 fully saturated rings. The summed E-state index contributed by atoms with van der Waals surface area (Å²) in [7, 11) is 0. The molecule has 0 heterocycles. The van der Waals surface area contributed by atoms with Crippen LogP contribution in [-0.4, -0.2) is 18.0 Å². The molecule has 27 heavy (non-hydrogen) atoms. The number of ether oxygens (including phenoxy) is 2. The number of halogens is 1. The Kier molecular flexibility index (Phi) is 8.66. The second kappa shape index (κ2) is 11.0. The lowest BCUT2D eigenvalue weighted by Crippen LogP contribution is -2.25. The monoisotopic (exact) mass is 388 g/mol. The summed E-state index contributed by atoms with van der Waals surface area (Å²) in [6.45, 7) is 6.75. The lowest BCUT2D eigenvalue weighted by atomic mass is 10.1. The topological polar surface area (TPSA) is 35.5 Å². The Hall–Kier alpha value is -2.00. The Morgan fingerprint density at radius 2 is 1.44 bits per heavy atom. The van der Waals surface area contributed by atoms with Crippen LogP contribution in [-0.2, 0) is 4.79 Å². The molecule has 0 amide bonds. The highest BCUT2D eigenvalue weighted by molar-refractivity contribution is 6.30. The van der Waals surface area contributed by atoms with Crippen LogP contribution < -0.4 is 9.47 Å². The molecular formula is C23H29ClO3. The molecule has 0 aromatic heterocycles. The van der Waals surface area contributed by atoms with Crippen molar-refractivity contribution >= 4 is 17.6 Å². The van der Waals surface area contributed by atoms with Crippen molar-refractivity contribution in [2.24, 2.45) is 5.92 Å². The Morgan fingerprint density at radius 1 is 0.889 bits per heavy atom. The first kappa shape index (κ1) is 21.3. The predicted molar refractivity (Wildman–Crippen MR) is 112 cm³/mol. The average Bonchev–Trinajstić information content (AvgIpc) is 2.68. The summed E-state index contributed by atoms with van der Waals surface area (Å²) < 4.78 is 11.1. The summed E-state index contributed by atoms with van der Waals surface area (Å²) in [5, 5.41) is -0.640. The Bertz CT molecular complexity index is 693. The minimum absolute atomic E-state index is 0.0332. The first-order chi connectivity index (χ1) is 13.0. The zero-order valence-electron chi connectivity index (χ0n) is 16.4.